The molecule has 0 spiro atoms. The van der Waals surface area contributed by atoms with Gasteiger partial charge in [-0.3, -0.25) is 9.69 Å². The Hall–Kier alpha value is -0.733. The minimum atomic E-state index is -1.63. The standard InChI is InChI=1S/C26H43NO3S2Si/c1-26(2,3)33(4,5)30-17-13-8-6-7-12-16-23(28)19-24(29)27-22(20-32-25(27)31)18-21-14-10-9-11-15-21/h9-11,14-15,22-23,28H,6-8,12-13,16-20H2,1-5H3/t22-,23-/m1/s1. The second-order valence-corrected chi connectivity index (χ2v) is 17.2. The van der Waals surface area contributed by atoms with E-state index >= 15 is 0 Å². The van der Waals surface area contributed by atoms with E-state index in [2.05, 4.69) is 46.0 Å². The summed E-state index contributed by atoms with van der Waals surface area (Å²) in [5.74, 6) is 0.788. The van der Waals surface area contributed by atoms with Gasteiger partial charge in [0.05, 0.1) is 18.6 Å². The molecule has 0 aliphatic carbocycles. The van der Waals surface area contributed by atoms with Gasteiger partial charge < -0.3 is 9.53 Å². The zero-order chi connectivity index (χ0) is 24.5. The van der Waals surface area contributed by atoms with E-state index in [-0.39, 0.29) is 23.4 Å². The van der Waals surface area contributed by atoms with Gasteiger partial charge in [0.2, 0.25) is 5.91 Å². The number of carbonyl (C=O) groups is 1. The molecule has 1 fully saturated rings. The van der Waals surface area contributed by atoms with E-state index in [0.717, 1.165) is 50.9 Å². The molecule has 2 rings (SSSR count). The van der Waals surface area contributed by atoms with E-state index in [1.54, 1.807) is 16.7 Å². The van der Waals surface area contributed by atoms with Crippen molar-refractivity contribution in [2.75, 3.05) is 12.4 Å². The third-order valence-corrected chi connectivity index (χ3v) is 13.0. The number of benzene rings is 1. The van der Waals surface area contributed by atoms with Crippen LogP contribution < -0.4 is 0 Å². The minimum Gasteiger partial charge on any atom is -0.417 e. The highest BCUT2D eigenvalue weighted by atomic mass is 32.2. The predicted molar refractivity (Wildman–Crippen MR) is 147 cm³/mol. The van der Waals surface area contributed by atoms with Gasteiger partial charge in [-0.15, -0.1) is 0 Å². The maximum Gasteiger partial charge on any atom is 0.230 e. The van der Waals surface area contributed by atoms with Crippen molar-refractivity contribution >= 4 is 42.5 Å². The number of aliphatic hydroxyl groups is 1. The van der Waals surface area contributed by atoms with E-state index in [1.807, 2.05) is 18.2 Å². The van der Waals surface area contributed by atoms with Crippen LogP contribution in [-0.2, 0) is 15.6 Å². The maximum atomic E-state index is 12.9. The Labute approximate surface area is 212 Å². The fraction of sp³-hybridized carbons (Fsp3) is 0.692. The number of thioether (sulfide) groups is 1. The van der Waals surface area contributed by atoms with Crippen LogP contribution in [0.4, 0.5) is 0 Å². The zero-order valence-electron chi connectivity index (χ0n) is 21.1. The second-order valence-electron chi connectivity index (χ2n) is 10.7. The van der Waals surface area contributed by atoms with Crippen LogP contribution in [0.1, 0.15) is 71.3 Å². The number of carbonyl (C=O) groups excluding carboxylic acids is 1. The Kier molecular flexibility index (Phi) is 11.6. The van der Waals surface area contributed by atoms with Gasteiger partial charge in [0.15, 0.2) is 8.32 Å². The summed E-state index contributed by atoms with van der Waals surface area (Å²) in [4.78, 5) is 14.6. The summed E-state index contributed by atoms with van der Waals surface area (Å²) < 4.78 is 6.88. The fourth-order valence-electron chi connectivity index (χ4n) is 3.76. The Morgan fingerprint density at radius 1 is 1.18 bits per heavy atom. The lowest BCUT2D eigenvalue weighted by Crippen LogP contribution is -2.41. The second kappa shape index (κ2) is 13.4. The number of hydrogen-bond acceptors (Lipinski definition) is 5. The molecule has 0 radical (unpaired) electrons. The molecule has 1 heterocycles. The van der Waals surface area contributed by atoms with Gasteiger partial charge in [-0.1, -0.05) is 101 Å². The highest BCUT2D eigenvalue weighted by Gasteiger charge is 2.37. The van der Waals surface area contributed by atoms with Crippen molar-refractivity contribution in [2.45, 2.75) is 102 Å². The van der Waals surface area contributed by atoms with Gasteiger partial charge in [0, 0.05) is 12.4 Å². The number of thiocarbonyl (C=S) groups is 1. The van der Waals surface area contributed by atoms with Gasteiger partial charge in [0.25, 0.3) is 0 Å². The lowest BCUT2D eigenvalue weighted by Gasteiger charge is -2.36. The first-order valence-corrected chi connectivity index (χ1v) is 16.7. The van der Waals surface area contributed by atoms with Crippen molar-refractivity contribution in [1.82, 2.24) is 4.90 Å². The third kappa shape index (κ3) is 9.44. The number of rotatable bonds is 13. The first kappa shape index (κ1) is 28.5. The van der Waals surface area contributed by atoms with E-state index in [1.165, 1.54) is 5.56 Å². The first-order valence-electron chi connectivity index (χ1n) is 12.4. The number of nitrogens with zero attached hydrogens (tertiary/aromatic N) is 1. The highest BCUT2D eigenvalue weighted by molar-refractivity contribution is 8.23. The quantitative estimate of drug-likeness (QED) is 0.185. The van der Waals surface area contributed by atoms with Gasteiger partial charge in [-0.05, 0) is 43.0 Å². The average Bonchev–Trinajstić information content (AvgIpc) is 3.09. The molecular weight excluding hydrogens is 467 g/mol. The molecule has 33 heavy (non-hydrogen) atoms. The molecule has 1 amide bonds. The molecule has 1 aliphatic rings. The van der Waals surface area contributed by atoms with Crippen LogP contribution in [0.5, 0.6) is 0 Å². The summed E-state index contributed by atoms with van der Waals surface area (Å²) in [6.07, 6.45) is 6.47. The monoisotopic (exact) mass is 509 g/mol. The first-order chi connectivity index (χ1) is 15.5. The van der Waals surface area contributed by atoms with Gasteiger partial charge in [-0.2, -0.15) is 0 Å². The molecule has 1 saturated heterocycles. The molecular formula is C26H43NO3S2Si. The molecule has 0 unspecified atom stereocenters. The van der Waals surface area contributed by atoms with E-state index < -0.39 is 14.4 Å². The molecule has 1 aromatic carbocycles. The van der Waals surface area contributed by atoms with Crippen LogP contribution in [0, 0.1) is 0 Å². The van der Waals surface area contributed by atoms with Crippen molar-refractivity contribution in [3.63, 3.8) is 0 Å². The molecule has 2 atom stereocenters. The third-order valence-electron chi connectivity index (χ3n) is 6.90. The van der Waals surface area contributed by atoms with Crippen LogP contribution in [-0.4, -0.2) is 53.1 Å². The number of hydrogen-bond donors (Lipinski definition) is 1. The fourth-order valence-corrected chi connectivity index (χ4v) is 6.30. The maximum absolute atomic E-state index is 12.9. The zero-order valence-corrected chi connectivity index (χ0v) is 23.8. The van der Waals surface area contributed by atoms with E-state index in [0.29, 0.717) is 10.7 Å². The SMILES string of the molecule is CC(C)(C)[Si](C)(C)OCCCCCCC[C@@H](O)CC(=O)N1C(=S)SC[C@H]1Cc1ccccc1. The molecule has 1 aliphatic heterocycles. The van der Waals surface area contributed by atoms with Crippen molar-refractivity contribution < 1.29 is 14.3 Å². The van der Waals surface area contributed by atoms with Gasteiger partial charge in [0.1, 0.15) is 4.32 Å². The summed E-state index contributed by atoms with van der Waals surface area (Å²) in [6.45, 7) is 12.3. The summed E-state index contributed by atoms with van der Waals surface area (Å²) in [5, 5.41) is 10.7. The van der Waals surface area contributed by atoms with Crippen LogP contribution in [0.3, 0.4) is 0 Å². The normalized spacial score (nSPS) is 18.1. The molecule has 1 N–H and O–H groups in total. The van der Waals surface area contributed by atoms with Crippen molar-refractivity contribution in [3.8, 4) is 0 Å². The molecule has 0 aromatic heterocycles. The number of unbranched alkanes of at least 4 members (excludes halogenated alkanes) is 4. The van der Waals surface area contributed by atoms with E-state index in [4.69, 9.17) is 16.6 Å². The molecule has 0 saturated carbocycles. The Balaban J connectivity index is 1.62. The summed E-state index contributed by atoms with van der Waals surface area (Å²) >= 11 is 7.01. The van der Waals surface area contributed by atoms with Crippen molar-refractivity contribution in [1.29, 1.82) is 0 Å². The minimum absolute atomic E-state index is 0.0405. The van der Waals surface area contributed by atoms with Gasteiger partial charge >= 0.3 is 0 Å². The molecule has 186 valence electrons. The Morgan fingerprint density at radius 3 is 2.48 bits per heavy atom. The molecule has 1 aromatic rings. The Morgan fingerprint density at radius 2 is 1.82 bits per heavy atom. The molecule has 0 bridgehead atoms. The Bertz CT molecular complexity index is 752. The molecule has 7 heteroatoms. The van der Waals surface area contributed by atoms with Crippen molar-refractivity contribution in [2.24, 2.45) is 0 Å². The lowest BCUT2D eigenvalue weighted by atomic mass is 10.0. The average molecular weight is 510 g/mol. The van der Waals surface area contributed by atoms with Crippen LogP contribution >= 0.6 is 24.0 Å². The summed E-state index contributed by atoms with van der Waals surface area (Å²) in [6, 6.07) is 10.3. The largest absolute Gasteiger partial charge is 0.417 e. The van der Waals surface area contributed by atoms with Gasteiger partial charge in [-0.25, -0.2) is 0 Å². The smallest absolute Gasteiger partial charge is 0.230 e. The highest BCUT2D eigenvalue weighted by Crippen LogP contribution is 2.36. The van der Waals surface area contributed by atoms with E-state index in [9.17, 15) is 9.90 Å². The predicted octanol–water partition coefficient (Wildman–Crippen LogP) is 6.57. The summed E-state index contributed by atoms with van der Waals surface area (Å²) in [7, 11) is -1.63. The number of amides is 1. The number of aliphatic hydroxyl groups excluding tert-OH is 1. The van der Waals surface area contributed by atoms with Crippen LogP contribution in [0.2, 0.25) is 18.1 Å². The molecule has 4 nitrogen and oxygen atoms in total. The summed E-state index contributed by atoms with van der Waals surface area (Å²) in [5.41, 5.74) is 1.21. The van der Waals surface area contributed by atoms with Crippen molar-refractivity contribution in [3.05, 3.63) is 35.9 Å². The lowest BCUT2D eigenvalue weighted by molar-refractivity contribution is -0.130. The topological polar surface area (TPSA) is 49.8 Å². The van der Waals surface area contributed by atoms with Crippen LogP contribution in [0.15, 0.2) is 30.3 Å². The van der Waals surface area contributed by atoms with Crippen LogP contribution in [0.25, 0.3) is 0 Å².